The first-order valence-corrected chi connectivity index (χ1v) is 3.06. The topological polar surface area (TPSA) is 65.4 Å². The van der Waals surface area contributed by atoms with E-state index in [4.69, 9.17) is 10.5 Å². The van der Waals surface area contributed by atoms with Crippen LogP contribution in [-0.4, -0.2) is 10.9 Å². The van der Waals surface area contributed by atoms with Gasteiger partial charge < -0.3 is 5.11 Å². The second kappa shape index (κ2) is 2.48. The first kappa shape index (κ1) is 6.75. The number of hydrogen-bond donors (Lipinski definition) is 1. The summed E-state index contributed by atoms with van der Waals surface area (Å²) in [6.07, 6.45) is 1.44. The van der Waals surface area contributed by atoms with Crippen LogP contribution < -0.4 is 0 Å². The molecule has 0 spiro atoms. The Morgan fingerprint density at radius 3 is 2.60 bits per heavy atom. The minimum absolute atomic E-state index is 0.0984. The predicted octanol–water partition coefficient (Wildman–Crippen LogP) is 1.36. The Hall–Kier alpha value is -1.37. The van der Waals surface area contributed by atoms with Gasteiger partial charge in [0, 0.05) is 12.8 Å². The number of diazo groups is 1. The summed E-state index contributed by atoms with van der Waals surface area (Å²) in [6.45, 7) is 0. The van der Waals surface area contributed by atoms with Crippen LogP contribution in [0.4, 0.5) is 0 Å². The highest BCUT2D eigenvalue weighted by Gasteiger charge is 2.31. The first-order valence-electron chi connectivity index (χ1n) is 3.06. The van der Waals surface area contributed by atoms with E-state index in [0.29, 0.717) is 19.3 Å². The molecule has 1 aliphatic carbocycles. The smallest absolute Gasteiger partial charge is 0.463 e. The Labute approximate surface area is 57.8 Å². The molecule has 4 heteroatoms. The molecule has 0 aliphatic heterocycles. The van der Waals surface area contributed by atoms with Gasteiger partial charge in [-0.15, -0.1) is 0 Å². The maximum Gasteiger partial charge on any atom is 0.463 e. The van der Waals surface area contributed by atoms with E-state index in [0.717, 1.165) is 0 Å². The molecule has 1 N–H and O–H groups in total. The number of carbonyl (C=O) groups is 1. The zero-order valence-corrected chi connectivity index (χ0v) is 5.37. The third-order valence-corrected chi connectivity index (χ3v) is 1.45. The van der Waals surface area contributed by atoms with Crippen molar-refractivity contribution in [2.24, 2.45) is 0 Å². The zero-order valence-electron chi connectivity index (χ0n) is 5.37. The highest BCUT2D eigenvalue weighted by molar-refractivity contribution is 5.97. The summed E-state index contributed by atoms with van der Waals surface area (Å²) in [6, 6.07) is 0. The predicted molar refractivity (Wildman–Crippen MR) is 33.6 cm³/mol. The van der Waals surface area contributed by atoms with Crippen LogP contribution in [0.2, 0.25) is 0 Å². The SMILES string of the molecule is N#[N+]C1=C(O)CCCC1=O. The molecule has 0 unspecified atom stereocenters. The Morgan fingerprint density at radius 1 is 1.50 bits per heavy atom. The Morgan fingerprint density at radius 2 is 2.20 bits per heavy atom. The summed E-state index contributed by atoms with van der Waals surface area (Å²) < 4.78 is 0. The van der Waals surface area contributed by atoms with Crippen LogP contribution in [0.25, 0.3) is 4.98 Å². The highest BCUT2D eigenvalue weighted by Crippen LogP contribution is 2.20. The number of Topliss-reactive ketones (excluding diaryl/α,β-unsaturated/α-hetero) is 1. The number of hydrogen-bond acceptors (Lipinski definition) is 3. The van der Waals surface area contributed by atoms with Crippen molar-refractivity contribution in [1.29, 1.82) is 5.39 Å². The highest BCUT2D eigenvalue weighted by atomic mass is 16.3. The van der Waals surface area contributed by atoms with Crippen molar-refractivity contribution in [2.45, 2.75) is 19.3 Å². The van der Waals surface area contributed by atoms with E-state index in [9.17, 15) is 4.79 Å². The molecule has 0 amide bonds. The summed E-state index contributed by atoms with van der Waals surface area (Å²) in [7, 11) is 0. The number of carbonyl (C=O) groups excluding carboxylic acids is 1. The van der Waals surface area contributed by atoms with E-state index in [1.807, 2.05) is 0 Å². The first-order chi connectivity index (χ1) is 4.75. The molecule has 0 saturated heterocycles. The third kappa shape index (κ3) is 0.982. The average molecular weight is 139 g/mol. The maximum atomic E-state index is 10.8. The van der Waals surface area contributed by atoms with Crippen molar-refractivity contribution in [3.8, 4) is 0 Å². The molecule has 1 aliphatic rings. The fraction of sp³-hybridized carbons (Fsp3) is 0.500. The second-order valence-electron chi connectivity index (χ2n) is 2.17. The summed E-state index contributed by atoms with van der Waals surface area (Å²) in [5, 5.41) is 17.2. The molecule has 0 aromatic carbocycles. The molecule has 1 rings (SSSR count). The van der Waals surface area contributed by atoms with Gasteiger partial charge in [0.1, 0.15) is 0 Å². The molecule has 0 aromatic rings. The van der Waals surface area contributed by atoms with Gasteiger partial charge in [-0.2, -0.15) is 0 Å². The van der Waals surface area contributed by atoms with Crippen molar-refractivity contribution in [2.75, 3.05) is 0 Å². The molecule has 4 nitrogen and oxygen atoms in total. The van der Waals surface area contributed by atoms with Crippen molar-refractivity contribution in [1.82, 2.24) is 0 Å². The molecule has 0 radical (unpaired) electrons. The van der Waals surface area contributed by atoms with E-state index >= 15 is 0 Å². The van der Waals surface area contributed by atoms with Gasteiger partial charge in [0.05, 0.1) is 0 Å². The van der Waals surface area contributed by atoms with Gasteiger partial charge in [-0.3, -0.25) is 4.79 Å². The molecule has 0 bridgehead atoms. The van der Waals surface area contributed by atoms with Crippen LogP contribution in [-0.2, 0) is 4.79 Å². The number of ketones is 1. The molecule has 0 saturated carbocycles. The number of aliphatic hydroxyl groups is 1. The van der Waals surface area contributed by atoms with E-state index in [1.165, 1.54) is 0 Å². The Balaban J connectivity index is 2.98. The van der Waals surface area contributed by atoms with Crippen molar-refractivity contribution < 1.29 is 9.90 Å². The van der Waals surface area contributed by atoms with Crippen LogP contribution in [0.1, 0.15) is 19.3 Å². The minimum atomic E-state index is -0.286. The Bertz CT molecular complexity index is 237. The van der Waals surface area contributed by atoms with Crippen molar-refractivity contribution in [3.63, 3.8) is 0 Å². The normalized spacial score (nSPS) is 18.9. The number of allylic oxidation sites excluding steroid dienone is 2. The van der Waals surface area contributed by atoms with E-state index in [2.05, 4.69) is 4.98 Å². The van der Waals surface area contributed by atoms with Gasteiger partial charge in [0.2, 0.25) is 5.39 Å². The van der Waals surface area contributed by atoms with Gasteiger partial charge in [0.15, 0.2) is 10.7 Å². The third-order valence-electron chi connectivity index (χ3n) is 1.45. The summed E-state index contributed by atoms with van der Waals surface area (Å²) >= 11 is 0. The molecule has 0 fully saturated rings. The van der Waals surface area contributed by atoms with Crippen LogP contribution in [0, 0.1) is 5.39 Å². The molecular weight excluding hydrogens is 132 g/mol. The lowest BCUT2D eigenvalue weighted by atomic mass is 10.0. The molecule has 52 valence electrons. The maximum absolute atomic E-state index is 10.8. The molecular formula is C6H7N2O2+. The van der Waals surface area contributed by atoms with Gasteiger partial charge >= 0.3 is 5.70 Å². The largest absolute Gasteiger partial charge is 0.505 e. The van der Waals surface area contributed by atoms with E-state index in [1.54, 1.807) is 0 Å². The summed E-state index contributed by atoms with van der Waals surface area (Å²) in [5.41, 5.74) is -0.175. The lowest BCUT2D eigenvalue weighted by Crippen LogP contribution is -2.08. The molecule has 0 heterocycles. The van der Waals surface area contributed by atoms with Gasteiger partial charge in [0.25, 0.3) is 5.78 Å². The second-order valence-corrected chi connectivity index (χ2v) is 2.17. The number of rotatable bonds is 0. The molecule has 0 aromatic heterocycles. The van der Waals surface area contributed by atoms with Gasteiger partial charge in [-0.1, -0.05) is 0 Å². The number of aliphatic hydroxyl groups excluding tert-OH is 1. The molecule has 10 heavy (non-hydrogen) atoms. The van der Waals surface area contributed by atoms with Crippen LogP contribution in [0.5, 0.6) is 0 Å². The van der Waals surface area contributed by atoms with Crippen molar-refractivity contribution in [3.05, 3.63) is 16.4 Å². The van der Waals surface area contributed by atoms with E-state index in [-0.39, 0.29) is 17.2 Å². The Kier molecular flexibility index (Phi) is 1.67. The minimum Gasteiger partial charge on any atom is -0.505 e. The van der Waals surface area contributed by atoms with E-state index < -0.39 is 0 Å². The monoisotopic (exact) mass is 139 g/mol. The zero-order chi connectivity index (χ0) is 7.56. The van der Waals surface area contributed by atoms with Gasteiger partial charge in [-0.05, 0) is 6.42 Å². The lowest BCUT2D eigenvalue weighted by Gasteiger charge is -2.00. The standard InChI is InChI=1S/C6H6N2O2/c7-8-6-4(9)2-1-3-5(6)10/h1-3H2/p+1. The number of nitrogens with zero attached hydrogens (tertiary/aromatic N) is 2. The summed E-state index contributed by atoms with van der Waals surface area (Å²) in [5.74, 6) is -0.384. The molecule has 0 atom stereocenters. The summed E-state index contributed by atoms with van der Waals surface area (Å²) in [4.78, 5) is 13.5. The average Bonchev–Trinajstić information content (AvgIpc) is 1.88. The van der Waals surface area contributed by atoms with Crippen LogP contribution in [0.15, 0.2) is 11.5 Å². The quantitative estimate of drug-likeness (QED) is 0.515. The van der Waals surface area contributed by atoms with Gasteiger partial charge in [-0.25, -0.2) is 0 Å². The van der Waals surface area contributed by atoms with Crippen LogP contribution in [0.3, 0.4) is 0 Å². The fourth-order valence-corrected chi connectivity index (χ4v) is 0.928. The van der Waals surface area contributed by atoms with Crippen molar-refractivity contribution >= 4 is 5.78 Å². The fourth-order valence-electron chi connectivity index (χ4n) is 0.928. The van der Waals surface area contributed by atoms with Crippen LogP contribution >= 0.6 is 0 Å². The lowest BCUT2D eigenvalue weighted by molar-refractivity contribution is -0.116.